The van der Waals surface area contributed by atoms with Crippen LogP contribution in [0.1, 0.15) is 20.1 Å². The Kier molecular flexibility index (Phi) is 4.13. The van der Waals surface area contributed by atoms with Gasteiger partial charge in [0.1, 0.15) is 0 Å². The zero-order chi connectivity index (χ0) is 14.7. The third kappa shape index (κ3) is 3.37. The van der Waals surface area contributed by atoms with E-state index in [1.54, 1.807) is 17.5 Å². The summed E-state index contributed by atoms with van der Waals surface area (Å²) in [5, 5.41) is 7.07. The molecule has 21 heavy (non-hydrogen) atoms. The third-order valence-electron chi connectivity index (χ3n) is 3.07. The summed E-state index contributed by atoms with van der Waals surface area (Å²) < 4.78 is 0. The van der Waals surface area contributed by atoms with Gasteiger partial charge in [0.15, 0.2) is 0 Å². The molecule has 0 radical (unpaired) electrons. The molecule has 0 spiro atoms. The summed E-state index contributed by atoms with van der Waals surface area (Å²) in [6, 6.07) is 7.95. The van der Waals surface area contributed by atoms with Crippen LogP contribution < -0.4 is 5.32 Å². The van der Waals surface area contributed by atoms with Crippen LogP contribution in [0.4, 0.5) is 0 Å². The molecule has 5 heteroatoms. The van der Waals surface area contributed by atoms with Crippen molar-refractivity contribution in [2.75, 3.05) is 0 Å². The Bertz CT molecular complexity index is 747. The van der Waals surface area contributed by atoms with Crippen molar-refractivity contribution >= 4 is 28.6 Å². The smallest absolute Gasteiger partial charge is 0.261 e. The fourth-order valence-corrected chi connectivity index (χ4v) is 3.45. The second-order valence-electron chi connectivity index (χ2n) is 4.69. The van der Waals surface area contributed by atoms with Crippen molar-refractivity contribution in [1.29, 1.82) is 0 Å². The summed E-state index contributed by atoms with van der Waals surface area (Å²) in [7, 11) is 0. The number of aromatic nitrogens is 1. The van der Waals surface area contributed by atoms with Crippen molar-refractivity contribution in [1.82, 2.24) is 10.3 Å². The maximum absolute atomic E-state index is 12.0. The Morgan fingerprint density at radius 2 is 2.14 bits per heavy atom. The number of carbonyl (C=O) groups excluding carboxylic acids is 1. The average molecular weight is 314 g/mol. The van der Waals surface area contributed by atoms with Crippen LogP contribution in [0.3, 0.4) is 0 Å². The summed E-state index contributed by atoms with van der Waals surface area (Å²) in [6.45, 7) is 2.48. The summed E-state index contributed by atoms with van der Waals surface area (Å²) >= 11 is 3.17. The molecule has 3 rings (SSSR count). The summed E-state index contributed by atoms with van der Waals surface area (Å²) in [5.74, 6) is -0.0333. The number of amides is 1. The molecule has 0 atom stereocenters. The van der Waals surface area contributed by atoms with Crippen LogP contribution in [0.15, 0.2) is 47.4 Å². The van der Waals surface area contributed by atoms with Gasteiger partial charge >= 0.3 is 0 Å². The lowest BCUT2D eigenvalue weighted by molar-refractivity contribution is 0.0955. The van der Waals surface area contributed by atoms with Crippen molar-refractivity contribution in [3.05, 3.63) is 62.7 Å². The second-order valence-corrected chi connectivity index (χ2v) is 6.75. The summed E-state index contributed by atoms with van der Waals surface area (Å²) in [6.07, 6.45) is 3.63. The molecule has 106 valence electrons. The van der Waals surface area contributed by atoms with E-state index in [2.05, 4.69) is 27.8 Å². The van der Waals surface area contributed by atoms with Gasteiger partial charge in [-0.15, -0.1) is 11.3 Å². The molecule has 0 aliphatic carbocycles. The highest BCUT2D eigenvalue weighted by molar-refractivity contribution is 7.13. The highest BCUT2D eigenvalue weighted by Gasteiger charge is 2.08. The van der Waals surface area contributed by atoms with Gasteiger partial charge in [0.25, 0.3) is 5.91 Å². The van der Waals surface area contributed by atoms with Gasteiger partial charge in [-0.05, 0) is 53.1 Å². The van der Waals surface area contributed by atoms with Gasteiger partial charge in [0.2, 0.25) is 0 Å². The van der Waals surface area contributed by atoms with Crippen molar-refractivity contribution < 1.29 is 4.79 Å². The van der Waals surface area contributed by atoms with Crippen LogP contribution >= 0.6 is 22.7 Å². The highest BCUT2D eigenvalue weighted by Crippen LogP contribution is 2.22. The minimum Gasteiger partial charge on any atom is -0.347 e. The molecular formula is C16H14N2OS2. The van der Waals surface area contributed by atoms with E-state index in [0.29, 0.717) is 6.54 Å². The van der Waals surface area contributed by atoms with E-state index < -0.39 is 0 Å². The lowest BCUT2D eigenvalue weighted by atomic mass is 10.1. The lowest BCUT2D eigenvalue weighted by Crippen LogP contribution is -2.21. The van der Waals surface area contributed by atoms with Crippen LogP contribution in [0.2, 0.25) is 0 Å². The van der Waals surface area contributed by atoms with Gasteiger partial charge < -0.3 is 5.32 Å². The molecule has 0 unspecified atom stereocenters. The van der Waals surface area contributed by atoms with Gasteiger partial charge in [-0.25, -0.2) is 0 Å². The monoisotopic (exact) mass is 314 g/mol. The van der Waals surface area contributed by atoms with Gasteiger partial charge in [0.05, 0.1) is 4.88 Å². The van der Waals surface area contributed by atoms with Crippen LogP contribution in [-0.2, 0) is 6.54 Å². The Labute approximate surface area is 131 Å². The number of carbonyl (C=O) groups is 1. The van der Waals surface area contributed by atoms with Crippen LogP contribution in [0, 0.1) is 6.92 Å². The molecule has 3 nitrogen and oxygen atoms in total. The van der Waals surface area contributed by atoms with Crippen molar-refractivity contribution in [2.24, 2.45) is 0 Å². The van der Waals surface area contributed by atoms with Crippen molar-refractivity contribution in [2.45, 2.75) is 13.5 Å². The fraction of sp³-hybridized carbons (Fsp3) is 0.125. The minimum atomic E-state index is -0.0333. The molecule has 0 aliphatic heterocycles. The van der Waals surface area contributed by atoms with E-state index in [4.69, 9.17) is 0 Å². The topological polar surface area (TPSA) is 42.0 Å². The maximum atomic E-state index is 12.0. The highest BCUT2D eigenvalue weighted by atomic mass is 32.1. The summed E-state index contributed by atoms with van der Waals surface area (Å²) in [5.41, 5.74) is 3.24. The molecule has 3 aromatic heterocycles. The Morgan fingerprint density at radius 1 is 1.24 bits per heavy atom. The third-order valence-corrected chi connectivity index (χ3v) is 4.75. The molecule has 0 bridgehead atoms. The normalized spacial score (nSPS) is 10.5. The molecule has 0 fully saturated rings. The summed E-state index contributed by atoms with van der Waals surface area (Å²) in [4.78, 5) is 18.2. The Morgan fingerprint density at radius 3 is 2.86 bits per heavy atom. The molecule has 3 heterocycles. The largest absolute Gasteiger partial charge is 0.347 e. The van der Waals surface area contributed by atoms with Gasteiger partial charge in [0, 0.05) is 29.4 Å². The fourth-order valence-electron chi connectivity index (χ4n) is 2.00. The molecular weight excluding hydrogens is 300 g/mol. The minimum absolute atomic E-state index is 0.0333. The quantitative estimate of drug-likeness (QED) is 0.787. The van der Waals surface area contributed by atoms with E-state index in [-0.39, 0.29) is 5.91 Å². The number of nitrogens with zero attached hydrogens (tertiary/aromatic N) is 1. The number of pyridine rings is 1. The van der Waals surface area contributed by atoms with E-state index >= 15 is 0 Å². The molecule has 0 aromatic carbocycles. The zero-order valence-corrected chi connectivity index (χ0v) is 13.1. The molecule has 0 aliphatic rings. The number of thiophene rings is 2. The number of hydrogen-bond acceptors (Lipinski definition) is 4. The molecule has 3 aromatic rings. The molecule has 1 N–H and O–H groups in total. The average Bonchev–Trinajstić information content (AvgIpc) is 3.16. The van der Waals surface area contributed by atoms with E-state index in [1.165, 1.54) is 11.3 Å². The van der Waals surface area contributed by atoms with Gasteiger partial charge in [-0.1, -0.05) is 0 Å². The molecule has 1 amide bonds. The van der Waals surface area contributed by atoms with Crippen molar-refractivity contribution in [3.63, 3.8) is 0 Å². The van der Waals surface area contributed by atoms with Crippen LogP contribution in [0.25, 0.3) is 11.1 Å². The van der Waals surface area contributed by atoms with E-state index in [0.717, 1.165) is 26.4 Å². The van der Waals surface area contributed by atoms with Gasteiger partial charge in [-0.3, -0.25) is 9.78 Å². The first-order valence-corrected chi connectivity index (χ1v) is 8.29. The number of hydrogen-bond donors (Lipinski definition) is 1. The van der Waals surface area contributed by atoms with Crippen molar-refractivity contribution in [3.8, 4) is 11.1 Å². The zero-order valence-electron chi connectivity index (χ0n) is 11.5. The predicted molar refractivity (Wildman–Crippen MR) is 87.8 cm³/mol. The Hall–Kier alpha value is -1.98. The van der Waals surface area contributed by atoms with Crippen LogP contribution in [-0.4, -0.2) is 10.9 Å². The molecule has 0 saturated carbocycles. The Balaban J connectivity index is 1.68. The van der Waals surface area contributed by atoms with E-state index in [9.17, 15) is 4.79 Å². The first-order valence-electron chi connectivity index (χ1n) is 6.53. The first-order chi connectivity index (χ1) is 10.2. The standard InChI is InChI=1S/C16H14N2OS2/c1-11-2-3-15(21-11)16(19)18-8-12-6-14(9-17-7-12)13-4-5-20-10-13/h2-7,9-10H,8H2,1H3,(H,18,19). The number of aryl methyl sites for hydroxylation is 1. The van der Waals surface area contributed by atoms with E-state index in [1.807, 2.05) is 30.6 Å². The SMILES string of the molecule is Cc1ccc(C(=O)NCc2cncc(-c3ccsc3)c2)s1. The predicted octanol–water partition coefficient (Wildman–Crippen LogP) is 4.11. The number of nitrogens with one attached hydrogen (secondary N) is 1. The first kappa shape index (κ1) is 14.0. The second kappa shape index (κ2) is 6.20. The number of rotatable bonds is 4. The maximum Gasteiger partial charge on any atom is 0.261 e. The lowest BCUT2D eigenvalue weighted by Gasteiger charge is -2.05. The van der Waals surface area contributed by atoms with Crippen LogP contribution in [0.5, 0.6) is 0 Å². The van der Waals surface area contributed by atoms with Gasteiger partial charge in [-0.2, -0.15) is 11.3 Å². The molecule has 0 saturated heterocycles.